The Morgan fingerprint density at radius 2 is 1.67 bits per heavy atom. The van der Waals surface area contributed by atoms with Crippen LogP contribution in [0.1, 0.15) is 58.3 Å². The minimum Gasteiger partial charge on any atom is -0.726 e. The molecule has 7 nitrogen and oxygen atoms in total. The van der Waals surface area contributed by atoms with E-state index in [2.05, 4.69) is 16.1 Å². The molecule has 0 aromatic heterocycles. The zero-order valence-electron chi connectivity index (χ0n) is 16.4. The minimum atomic E-state index is -4.48. The molecule has 0 aliphatic heterocycles. The number of halogens is 1. The van der Waals surface area contributed by atoms with Gasteiger partial charge in [-0.3, -0.25) is 4.18 Å². The van der Waals surface area contributed by atoms with E-state index in [0.717, 1.165) is 18.5 Å². The molecule has 0 aliphatic carbocycles. The highest BCUT2D eigenvalue weighted by Gasteiger charge is 2.11. The third kappa shape index (κ3) is 14.3. The van der Waals surface area contributed by atoms with Crippen LogP contribution in [0.15, 0.2) is 18.2 Å². The van der Waals surface area contributed by atoms with Crippen molar-refractivity contribution >= 4 is 33.4 Å². The summed E-state index contributed by atoms with van der Waals surface area (Å²) >= 11 is 5.79. The first kappa shape index (κ1) is 25.6. The summed E-state index contributed by atoms with van der Waals surface area (Å²) in [5, 5.41) is 8.92. The normalized spacial score (nSPS) is 10.7. The van der Waals surface area contributed by atoms with Crippen LogP contribution in [0.5, 0.6) is 0 Å². The van der Waals surface area contributed by atoms with Crippen molar-refractivity contribution in [3.8, 4) is 0 Å². The van der Waals surface area contributed by atoms with Gasteiger partial charge in [-0.2, -0.15) is 0 Å². The smallest absolute Gasteiger partial charge is 0.403 e. The van der Waals surface area contributed by atoms with E-state index in [0.29, 0.717) is 17.1 Å². The first-order valence-electron chi connectivity index (χ1n) is 9.13. The zero-order chi connectivity index (χ0) is 20.7. The number of nitrogens with zero attached hydrogens (tertiary/aromatic N) is 3. The summed E-state index contributed by atoms with van der Waals surface area (Å²) in [5.74, 6) is 0. The summed E-state index contributed by atoms with van der Waals surface area (Å²) in [4.78, 5) is 4.94. The second-order valence-electron chi connectivity index (χ2n) is 6.34. The van der Waals surface area contributed by atoms with Crippen LogP contribution < -0.4 is 4.90 Å². The summed E-state index contributed by atoms with van der Waals surface area (Å²) in [5.41, 5.74) is 1.37. The monoisotopic (exact) mass is 419 g/mol. The van der Waals surface area contributed by atoms with Crippen molar-refractivity contribution in [3.05, 3.63) is 28.2 Å². The number of anilines is 1. The van der Waals surface area contributed by atoms with E-state index in [1.165, 1.54) is 32.1 Å². The van der Waals surface area contributed by atoms with Gasteiger partial charge < -0.3 is 9.45 Å². The number of hydrogen-bond donors (Lipinski definition) is 0. The Bertz CT molecular complexity index is 676. The van der Waals surface area contributed by atoms with Gasteiger partial charge >= 0.3 is 5.69 Å². The van der Waals surface area contributed by atoms with E-state index < -0.39 is 10.4 Å². The van der Waals surface area contributed by atoms with Crippen molar-refractivity contribution in [1.82, 2.24) is 0 Å². The molecule has 9 heteroatoms. The van der Waals surface area contributed by atoms with Crippen LogP contribution in [0, 0.1) is 5.39 Å². The lowest BCUT2D eigenvalue weighted by Gasteiger charge is -2.10. The Hall–Kier alpha value is -1.40. The topological polar surface area (TPSA) is 97.8 Å². The Labute approximate surface area is 168 Å². The lowest BCUT2D eigenvalue weighted by atomic mass is 10.1. The third-order valence-electron chi connectivity index (χ3n) is 3.78. The van der Waals surface area contributed by atoms with Gasteiger partial charge in [0.05, 0.1) is 6.61 Å². The Morgan fingerprint density at radius 3 is 2.11 bits per heavy atom. The summed E-state index contributed by atoms with van der Waals surface area (Å²) in [6.45, 7) is 2.21. The van der Waals surface area contributed by atoms with E-state index in [1.54, 1.807) is 12.1 Å². The van der Waals surface area contributed by atoms with Gasteiger partial charge in [0.25, 0.3) is 0 Å². The molecule has 0 saturated heterocycles. The molecule has 0 saturated carbocycles. The Balaban J connectivity index is 0.000000511. The summed E-state index contributed by atoms with van der Waals surface area (Å²) < 4.78 is 34.3. The van der Waals surface area contributed by atoms with Crippen LogP contribution in [-0.4, -0.2) is 33.7 Å². The molecule has 1 aromatic rings. The first-order valence-corrected chi connectivity index (χ1v) is 10.8. The molecule has 1 rings (SSSR count). The number of unbranched alkanes of at least 4 members (excludes halogenated alkanes) is 7. The van der Waals surface area contributed by atoms with Gasteiger partial charge in [0.1, 0.15) is 5.02 Å². The maximum Gasteiger partial charge on any atom is 0.403 e. The minimum absolute atomic E-state index is 0.0286. The number of rotatable bonds is 11. The SMILES string of the molecule is CCCCCCCCCCOS(=O)(=O)[O-].CN(C)c1ccc([N+]#N)c(Cl)c1. The number of diazo groups is 1. The van der Waals surface area contributed by atoms with Crippen molar-refractivity contribution in [1.29, 1.82) is 5.39 Å². The first-order chi connectivity index (χ1) is 12.7. The molecule has 0 spiro atoms. The van der Waals surface area contributed by atoms with Crippen LogP contribution in [-0.2, 0) is 14.6 Å². The highest BCUT2D eigenvalue weighted by molar-refractivity contribution is 7.80. The van der Waals surface area contributed by atoms with E-state index in [-0.39, 0.29) is 6.61 Å². The zero-order valence-corrected chi connectivity index (χ0v) is 17.9. The fourth-order valence-corrected chi connectivity index (χ4v) is 2.79. The van der Waals surface area contributed by atoms with Crippen LogP contribution in [0.4, 0.5) is 11.4 Å². The molecular formula is C18H30ClN3O4S. The van der Waals surface area contributed by atoms with Gasteiger partial charge in [0.2, 0.25) is 15.8 Å². The van der Waals surface area contributed by atoms with Gasteiger partial charge in [-0.25, -0.2) is 8.42 Å². The Morgan fingerprint density at radius 1 is 1.11 bits per heavy atom. The summed E-state index contributed by atoms with van der Waals surface area (Å²) in [7, 11) is -0.643. The molecule has 0 amide bonds. The van der Waals surface area contributed by atoms with Crippen molar-refractivity contribution in [2.24, 2.45) is 0 Å². The van der Waals surface area contributed by atoms with E-state index in [1.807, 2.05) is 25.1 Å². The lowest BCUT2D eigenvalue weighted by molar-refractivity contribution is 0.255. The average molecular weight is 420 g/mol. The van der Waals surface area contributed by atoms with Crippen LogP contribution in [0.3, 0.4) is 0 Å². The van der Waals surface area contributed by atoms with Gasteiger partial charge in [-0.05, 0) is 18.6 Å². The lowest BCUT2D eigenvalue weighted by Crippen LogP contribution is -2.07. The van der Waals surface area contributed by atoms with Crippen LogP contribution in [0.2, 0.25) is 5.02 Å². The number of hydrogen-bond acceptors (Lipinski definition) is 6. The maximum atomic E-state index is 10.1. The molecule has 0 radical (unpaired) electrons. The molecular weight excluding hydrogens is 390 g/mol. The summed E-state index contributed by atoms with van der Waals surface area (Å²) in [6.07, 6.45) is 8.91. The van der Waals surface area contributed by atoms with Gasteiger partial charge in [0.15, 0.2) is 4.98 Å². The second kappa shape index (κ2) is 14.6. The Kier molecular flexibility index (Phi) is 13.9. The quantitative estimate of drug-likeness (QED) is 0.203. The second-order valence-corrected chi connectivity index (χ2v) is 7.79. The standard InChI is InChI=1S/C10H22O4S.C8H9ClN3/c1-2-3-4-5-6-7-8-9-10-14-15(11,12)13;1-12(2)6-3-4-8(11-10)7(9)5-6/h2-10H2,1H3,(H,11,12,13);3-5H,1-2H3/q;+1/p-1. The van der Waals surface area contributed by atoms with Crippen molar-refractivity contribution < 1.29 is 17.2 Å². The molecule has 0 bridgehead atoms. The molecule has 154 valence electrons. The van der Waals surface area contributed by atoms with Crippen molar-refractivity contribution in [2.75, 3.05) is 25.6 Å². The molecule has 0 N–H and O–H groups in total. The molecule has 0 atom stereocenters. The maximum absolute atomic E-state index is 10.1. The highest BCUT2D eigenvalue weighted by Crippen LogP contribution is 2.28. The molecule has 0 unspecified atom stereocenters. The summed E-state index contributed by atoms with van der Waals surface area (Å²) in [6, 6.07) is 5.25. The van der Waals surface area contributed by atoms with Gasteiger partial charge in [0, 0.05) is 25.8 Å². The van der Waals surface area contributed by atoms with E-state index in [9.17, 15) is 13.0 Å². The van der Waals surface area contributed by atoms with Gasteiger partial charge in [-0.1, -0.05) is 63.5 Å². The fourth-order valence-electron chi connectivity index (χ4n) is 2.25. The van der Waals surface area contributed by atoms with Crippen LogP contribution >= 0.6 is 11.6 Å². The highest BCUT2D eigenvalue weighted by atomic mass is 35.5. The molecule has 1 aromatic carbocycles. The predicted octanol–water partition coefficient (Wildman–Crippen LogP) is 5.49. The fraction of sp³-hybridized carbons (Fsp3) is 0.667. The molecule has 0 fully saturated rings. The molecule has 0 aliphatic rings. The third-order valence-corrected chi connectivity index (χ3v) is 4.54. The van der Waals surface area contributed by atoms with Gasteiger partial charge in [-0.15, -0.1) is 0 Å². The number of benzene rings is 1. The largest absolute Gasteiger partial charge is 0.726 e. The van der Waals surface area contributed by atoms with Crippen molar-refractivity contribution in [3.63, 3.8) is 0 Å². The van der Waals surface area contributed by atoms with Crippen LogP contribution in [0.25, 0.3) is 4.98 Å². The van der Waals surface area contributed by atoms with Crippen molar-refractivity contribution in [2.45, 2.75) is 58.3 Å². The average Bonchev–Trinajstić information content (AvgIpc) is 2.60. The predicted molar refractivity (Wildman–Crippen MR) is 109 cm³/mol. The van der Waals surface area contributed by atoms with E-state index in [4.69, 9.17) is 17.0 Å². The van der Waals surface area contributed by atoms with E-state index >= 15 is 0 Å². The molecule has 27 heavy (non-hydrogen) atoms. The molecule has 0 heterocycles.